The van der Waals surface area contributed by atoms with Gasteiger partial charge in [-0.2, -0.15) is 8.78 Å². The molecule has 3 nitrogen and oxygen atoms in total. The molecule has 0 fully saturated rings. The first kappa shape index (κ1) is 14.3. The third-order valence-electron chi connectivity index (χ3n) is 2.42. The minimum atomic E-state index is -2.93. The van der Waals surface area contributed by atoms with Crippen LogP contribution in [0.1, 0.15) is 5.56 Å². The molecule has 2 rings (SSSR count). The SMILES string of the molecule is Oc1ccccc1C=Nc1ccc(OC(F)F)c(Cl)c1. The zero-order chi connectivity index (χ0) is 14.5. The number of para-hydroxylation sites is 1. The fraction of sp³-hybridized carbons (Fsp3) is 0.0714. The lowest BCUT2D eigenvalue weighted by Crippen LogP contribution is -2.01. The Hall–Kier alpha value is -2.14. The molecule has 0 saturated carbocycles. The van der Waals surface area contributed by atoms with Crippen molar-refractivity contribution in [2.45, 2.75) is 6.61 Å². The van der Waals surface area contributed by atoms with Gasteiger partial charge in [0.2, 0.25) is 0 Å². The van der Waals surface area contributed by atoms with Gasteiger partial charge in [0.1, 0.15) is 11.5 Å². The molecule has 0 atom stereocenters. The van der Waals surface area contributed by atoms with Gasteiger partial charge in [0, 0.05) is 11.8 Å². The normalized spacial score (nSPS) is 11.2. The first-order chi connectivity index (χ1) is 9.56. The molecule has 0 heterocycles. The van der Waals surface area contributed by atoms with Gasteiger partial charge < -0.3 is 9.84 Å². The summed E-state index contributed by atoms with van der Waals surface area (Å²) in [4.78, 5) is 4.11. The van der Waals surface area contributed by atoms with E-state index in [2.05, 4.69) is 9.73 Å². The minimum absolute atomic E-state index is 0.0391. The van der Waals surface area contributed by atoms with Crippen LogP contribution in [0.2, 0.25) is 5.02 Å². The number of phenolic OH excluding ortho intramolecular Hbond substituents is 1. The van der Waals surface area contributed by atoms with Gasteiger partial charge in [0.15, 0.2) is 0 Å². The molecular formula is C14H10ClF2NO2. The standard InChI is InChI=1S/C14H10ClF2NO2/c15-11-7-10(5-6-13(11)20-14(16)17)18-8-9-3-1-2-4-12(9)19/h1-8,14,19H. The van der Waals surface area contributed by atoms with E-state index >= 15 is 0 Å². The quantitative estimate of drug-likeness (QED) is 0.850. The Kier molecular flexibility index (Phi) is 4.53. The highest BCUT2D eigenvalue weighted by atomic mass is 35.5. The zero-order valence-corrected chi connectivity index (χ0v) is 10.9. The summed E-state index contributed by atoms with van der Waals surface area (Å²) in [6, 6.07) is 10.9. The Morgan fingerprint density at radius 1 is 1.20 bits per heavy atom. The fourth-order valence-electron chi connectivity index (χ4n) is 1.50. The number of nitrogens with zero attached hydrogens (tertiary/aromatic N) is 1. The van der Waals surface area contributed by atoms with Crippen LogP contribution in [0.5, 0.6) is 11.5 Å². The fourth-order valence-corrected chi connectivity index (χ4v) is 1.72. The summed E-state index contributed by atoms with van der Waals surface area (Å²) in [5.41, 5.74) is 0.997. The number of phenols is 1. The van der Waals surface area contributed by atoms with Crippen LogP contribution < -0.4 is 4.74 Å². The molecule has 2 aromatic rings. The summed E-state index contributed by atoms with van der Waals surface area (Å²) < 4.78 is 28.4. The molecular weight excluding hydrogens is 288 g/mol. The highest BCUT2D eigenvalue weighted by Gasteiger charge is 2.08. The molecule has 0 saturated heterocycles. The van der Waals surface area contributed by atoms with Crippen molar-refractivity contribution in [3.05, 3.63) is 53.1 Å². The van der Waals surface area contributed by atoms with Crippen LogP contribution in [0.15, 0.2) is 47.5 Å². The second kappa shape index (κ2) is 6.34. The van der Waals surface area contributed by atoms with Crippen molar-refractivity contribution in [1.82, 2.24) is 0 Å². The number of hydrogen-bond donors (Lipinski definition) is 1. The van der Waals surface area contributed by atoms with Gasteiger partial charge >= 0.3 is 6.61 Å². The maximum absolute atomic E-state index is 12.1. The number of ether oxygens (including phenoxy) is 1. The summed E-state index contributed by atoms with van der Waals surface area (Å²) in [6.07, 6.45) is 1.45. The molecule has 0 aliphatic carbocycles. The van der Waals surface area contributed by atoms with Gasteiger partial charge in [-0.05, 0) is 30.3 Å². The van der Waals surface area contributed by atoms with Gasteiger partial charge in [-0.25, -0.2) is 0 Å². The van der Waals surface area contributed by atoms with Crippen LogP contribution in [-0.4, -0.2) is 17.9 Å². The Bertz CT molecular complexity index is 632. The summed E-state index contributed by atoms with van der Waals surface area (Å²) in [6.45, 7) is -2.93. The lowest BCUT2D eigenvalue weighted by atomic mass is 10.2. The number of halogens is 3. The molecule has 0 amide bonds. The van der Waals surface area contributed by atoms with E-state index in [9.17, 15) is 13.9 Å². The number of benzene rings is 2. The van der Waals surface area contributed by atoms with Crippen LogP contribution in [-0.2, 0) is 0 Å². The Balaban J connectivity index is 2.18. The van der Waals surface area contributed by atoms with E-state index in [1.54, 1.807) is 18.2 Å². The molecule has 0 aromatic heterocycles. The summed E-state index contributed by atoms with van der Waals surface area (Å²) in [7, 11) is 0. The smallest absolute Gasteiger partial charge is 0.387 e. The first-order valence-electron chi connectivity index (χ1n) is 5.62. The molecule has 0 bridgehead atoms. The molecule has 0 unspecified atom stereocenters. The maximum Gasteiger partial charge on any atom is 0.387 e. The van der Waals surface area contributed by atoms with Crippen LogP contribution in [0, 0.1) is 0 Å². The van der Waals surface area contributed by atoms with E-state index in [0.717, 1.165) is 0 Å². The summed E-state index contributed by atoms with van der Waals surface area (Å²) in [5.74, 6) is -0.0109. The number of alkyl halides is 2. The Morgan fingerprint density at radius 3 is 2.60 bits per heavy atom. The second-order valence-electron chi connectivity index (χ2n) is 3.81. The van der Waals surface area contributed by atoms with Crippen molar-refractivity contribution < 1.29 is 18.6 Å². The monoisotopic (exact) mass is 297 g/mol. The largest absolute Gasteiger partial charge is 0.507 e. The van der Waals surface area contributed by atoms with Gasteiger partial charge in [-0.3, -0.25) is 4.99 Å². The van der Waals surface area contributed by atoms with Crippen LogP contribution >= 0.6 is 11.6 Å². The first-order valence-corrected chi connectivity index (χ1v) is 6.00. The van der Waals surface area contributed by atoms with Crippen molar-refractivity contribution in [3.63, 3.8) is 0 Å². The van der Waals surface area contributed by atoms with Crippen molar-refractivity contribution >= 4 is 23.5 Å². The third kappa shape index (κ3) is 3.68. The molecule has 0 aliphatic rings. The van der Waals surface area contributed by atoms with Gasteiger partial charge in [0.05, 0.1) is 10.7 Å². The number of hydrogen-bond acceptors (Lipinski definition) is 3. The molecule has 1 N–H and O–H groups in total. The molecule has 104 valence electrons. The van der Waals surface area contributed by atoms with E-state index < -0.39 is 6.61 Å². The molecule has 6 heteroatoms. The predicted molar refractivity (Wildman–Crippen MR) is 73.4 cm³/mol. The van der Waals surface area contributed by atoms with Crippen molar-refractivity contribution in [2.24, 2.45) is 4.99 Å². The van der Waals surface area contributed by atoms with Crippen molar-refractivity contribution in [2.75, 3.05) is 0 Å². The Labute approximate surface area is 119 Å². The number of aromatic hydroxyl groups is 1. The predicted octanol–water partition coefficient (Wildman–Crippen LogP) is 4.40. The number of aliphatic imine (C=N–C) groups is 1. The number of rotatable bonds is 4. The van der Waals surface area contributed by atoms with E-state index in [-0.39, 0.29) is 16.5 Å². The van der Waals surface area contributed by atoms with E-state index in [4.69, 9.17) is 11.6 Å². The highest BCUT2D eigenvalue weighted by molar-refractivity contribution is 6.32. The van der Waals surface area contributed by atoms with Crippen molar-refractivity contribution in [3.8, 4) is 11.5 Å². The lowest BCUT2D eigenvalue weighted by Gasteiger charge is -2.06. The third-order valence-corrected chi connectivity index (χ3v) is 2.72. The van der Waals surface area contributed by atoms with Crippen LogP contribution in [0.4, 0.5) is 14.5 Å². The average molecular weight is 298 g/mol. The van der Waals surface area contributed by atoms with Gasteiger partial charge in [-0.1, -0.05) is 23.7 Å². The van der Waals surface area contributed by atoms with Crippen LogP contribution in [0.25, 0.3) is 0 Å². The van der Waals surface area contributed by atoms with Gasteiger partial charge in [0.25, 0.3) is 0 Å². The molecule has 0 aliphatic heterocycles. The zero-order valence-electron chi connectivity index (χ0n) is 10.1. The van der Waals surface area contributed by atoms with E-state index in [1.807, 2.05) is 0 Å². The van der Waals surface area contributed by atoms with Crippen molar-refractivity contribution in [1.29, 1.82) is 0 Å². The average Bonchev–Trinajstić information content (AvgIpc) is 2.40. The molecule has 0 radical (unpaired) electrons. The highest BCUT2D eigenvalue weighted by Crippen LogP contribution is 2.30. The maximum atomic E-state index is 12.1. The van der Waals surface area contributed by atoms with Crippen LogP contribution in [0.3, 0.4) is 0 Å². The summed E-state index contributed by atoms with van der Waals surface area (Å²) >= 11 is 5.80. The summed E-state index contributed by atoms with van der Waals surface area (Å²) in [5, 5.41) is 9.60. The van der Waals surface area contributed by atoms with E-state index in [0.29, 0.717) is 11.3 Å². The molecule has 20 heavy (non-hydrogen) atoms. The minimum Gasteiger partial charge on any atom is -0.507 e. The Morgan fingerprint density at radius 2 is 1.95 bits per heavy atom. The topological polar surface area (TPSA) is 41.8 Å². The van der Waals surface area contributed by atoms with E-state index in [1.165, 1.54) is 30.5 Å². The van der Waals surface area contributed by atoms with Gasteiger partial charge in [-0.15, -0.1) is 0 Å². The lowest BCUT2D eigenvalue weighted by molar-refractivity contribution is -0.0497. The molecule has 2 aromatic carbocycles. The molecule has 0 spiro atoms. The second-order valence-corrected chi connectivity index (χ2v) is 4.22.